The van der Waals surface area contributed by atoms with Gasteiger partial charge in [0.2, 0.25) is 0 Å². The molecule has 0 radical (unpaired) electrons. The lowest BCUT2D eigenvalue weighted by Crippen LogP contribution is -2.34. The van der Waals surface area contributed by atoms with Crippen molar-refractivity contribution in [1.29, 1.82) is 0 Å². The molecule has 0 atom stereocenters. The van der Waals surface area contributed by atoms with Crippen LogP contribution in [0.25, 0.3) is 0 Å². The molecule has 2 fully saturated rings. The van der Waals surface area contributed by atoms with E-state index in [1.165, 1.54) is 38.6 Å². The van der Waals surface area contributed by atoms with Crippen molar-refractivity contribution < 1.29 is 4.74 Å². The van der Waals surface area contributed by atoms with Gasteiger partial charge < -0.3 is 15.4 Å². The van der Waals surface area contributed by atoms with Gasteiger partial charge in [-0.25, -0.2) is 0 Å². The van der Waals surface area contributed by atoms with Crippen molar-refractivity contribution in [3.63, 3.8) is 0 Å². The van der Waals surface area contributed by atoms with E-state index in [-0.39, 0.29) is 0 Å². The van der Waals surface area contributed by atoms with Crippen LogP contribution in [-0.2, 0) is 4.74 Å². The summed E-state index contributed by atoms with van der Waals surface area (Å²) in [5.74, 6) is 1.04. The maximum atomic E-state index is 5.80. The third-order valence-corrected chi connectivity index (χ3v) is 3.34. The van der Waals surface area contributed by atoms with E-state index in [4.69, 9.17) is 4.74 Å². The standard InChI is InChI=1S/C12H24N2O/c1-2-11(1)3-6-14-9-10-15-12-4-7-13-8-5-12/h11-14H,1-10H2. The molecule has 2 rings (SSSR count). The van der Waals surface area contributed by atoms with E-state index in [1.807, 2.05) is 0 Å². The normalized spacial score (nSPS) is 23.2. The summed E-state index contributed by atoms with van der Waals surface area (Å²) in [6, 6.07) is 0. The van der Waals surface area contributed by atoms with Crippen molar-refractivity contribution in [2.24, 2.45) is 5.92 Å². The lowest BCUT2D eigenvalue weighted by molar-refractivity contribution is 0.0349. The molecule has 1 saturated heterocycles. The van der Waals surface area contributed by atoms with Gasteiger partial charge in [0.1, 0.15) is 0 Å². The lowest BCUT2D eigenvalue weighted by atomic mass is 10.1. The van der Waals surface area contributed by atoms with Crippen LogP contribution in [0.4, 0.5) is 0 Å². The van der Waals surface area contributed by atoms with Crippen molar-refractivity contribution >= 4 is 0 Å². The molecule has 1 aliphatic carbocycles. The van der Waals surface area contributed by atoms with Crippen molar-refractivity contribution in [1.82, 2.24) is 10.6 Å². The Hall–Kier alpha value is -0.120. The van der Waals surface area contributed by atoms with Crippen LogP contribution in [0, 0.1) is 5.92 Å². The molecule has 2 aliphatic rings. The first kappa shape index (κ1) is 11.4. The summed E-state index contributed by atoms with van der Waals surface area (Å²) in [6.07, 6.45) is 7.18. The first-order valence-corrected chi connectivity index (χ1v) is 6.48. The zero-order valence-corrected chi connectivity index (χ0v) is 9.63. The van der Waals surface area contributed by atoms with Gasteiger partial charge in [-0.05, 0) is 44.8 Å². The predicted octanol–water partition coefficient (Wildman–Crippen LogP) is 1.14. The predicted molar refractivity (Wildman–Crippen MR) is 62.1 cm³/mol. The molecule has 1 aliphatic heterocycles. The molecule has 88 valence electrons. The van der Waals surface area contributed by atoms with Gasteiger partial charge in [-0.15, -0.1) is 0 Å². The number of nitrogens with one attached hydrogen (secondary N) is 2. The highest BCUT2D eigenvalue weighted by molar-refractivity contribution is 4.73. The number of hydrogen-bond donors (Lipinski definition) is 2. The maximum Gasteiger partial charge on any atom is 0.0600 e. The van der Waals surface area contributed by atoms with E-state index in [1.54, 1.807) is 0 Å². The van der Waals surface area contributed by atoms with E-state index in [9.17, 15) is 0 Å². The van der Waals surface area contributed by atoms with Crippen molar-refractivity contribution in [2.75, 3.05) is 32.8 Å². The van der Waals surface area contributed by atoms with Crippen molar-refractivity contribution in [3.05, 3.63) is 0 Å². The molecule has 1 saturated carbocycles. The van der Waals surface area contributed by atoms with E-state index in [0.29, 0.717) is 6.10 Å². The Morgan fingerprint density at radius 3 is 2.60 bits per heavy atom. The highest BCUT2D eigenvalue weighted by Gasteiger charge is 2.19. The second kappa shape index (κ2) is 6.46. The number of piperidine rings is 1. The quantitative estimate of drug-likeness (QED) is 0.621. The second-order valence-corrected chi connectivity index (χ2v) is 4.80. The van der Waals surface area contributed by atoms with Crippen LogP contribution in [0.3, 0.4) is 0 Å². The van der Waals surface area contributed by atoms with Gasteiger partial charge in [-0.3, -0.25) is 0 Å². The summed E-state index contributed by atoms with van der Waals surface area (Å²) >= 11 is 0. The molecule has 0 unspecified atom stereocenters. The fourth-order valence-electron chi connectivity index (χ4n) is 2.10. The molecule has 2 N–H and O–H groups in total. The van der Waals surface area contributed by atoms with Crippen LogP contribution in [0.1, 0.15) is 32.1 Å². The van der Waals surface area contributed by atoms with E-state index < -0.39 is 0 Å². The summed E-state index contributed by atoms with van der Waals surface area (Å²) in [5, 5.41) is 6.80. The molecule has 3 nitrogen and oxygen atoms in total. The van der Waals surface area contributed by atoms with E-state index >= 15 is 0 Å². The highest BCUT2D eigenvalue weighted by Crippen LogP contribution is 2.31. The Morgan fingerprint density at radius 1 is 1.07 bits per heavy atom. The molecule has 0 aromatic rings. The van der Waals surface area contributed by atoms with Gasteiger partial charge in [0.25, 0.3) is 0 Å². The van der Waals surface area contributed by atoms with Gasteiger partial charge in [-0.1, -0.05) is 12.8 Å². The fraction of sp³-hybridized carbons (Fsp3) is 1.00. The molecule has 3 heteroatoms. The summed E-state index contributed by atoms with van der Waals surface area (Å²) in [6.45, 7) is 5.34. The minimum Gasteiger partial charge on any atom is -0.377 e. The summed E-state index contributed by atoms with van der Waals surface area (Å²) in [4.78, 5) is 0. The zero-order chi connectivity index (χ0) is 10.3. The van der Waals surface area contributed by atoms with Crippen LogP contribution < -0.4 is 10.6 Å². The monoisotopic (exact) mass is 212 g/mol. The van der Waals surface area contributed by atoms with Crippen LogP contribution >= 0.6 is 0 Å². The lowest BCUT2D eigenvalue weighted by Gasteiger charge is -2.22. The maximum absolute atomic E-state index is 5.80. The second-order valence-electron chi connectivity index (χ2n) is 4.80. The number of ether oxygens (including phenoxy) is 1. The van der Waals surface area contributed by atoms with Gasteiger partial charge in [-0.2, -0.15) is 0 Å². The molecule has 0 amide bonds. The van der Waals surface area contributed by atoms with Crippen molar-refractivity contribution in [2.45, 2.75) is 38.2 Å². The first-order valence-electron chi connectivity index (χ1n) is 6.48. The molecule has 0 spiro atoms. The molecular weight excluding hydrogens is 188 g/mol. The molecule has 0 bridgehead atoms. The van der Waals surface area contributed by atoms with Crippen molar-refractivity contribution in [3.8, 4) is 0 Å². The minimum absolute atomic E-state index is 0.511. The Balaban J connectivity index is 1.37. The summed E-state index contributed by atoms with van der Waals surface area (Å²) in [5.41, 5.74) is 0. The van der Waals surface area contributed by atoms with E-state index in [2.05, 4.69) is 10.6 Å². The summed E-state index contributed by atoms with van der Waals surface area (Å²) < 4.78 is 5.80. The zero-order valence-electron chi connectivity index (χ0n) is 9.63. The van der Waals surface area contributed by atoms with Crippen LogP contribution in [0.2, 0.25) is 0 Å². The highest BCUT2D eigenvalue weighted by atomic mass is 16.5. The summed E-state index contributed by atoms with van der Waals surface area (Å²) in [7, 11) is 0. The van der Waals surface area contributed by atoms with Gasteiger partial charge in [0, 0.05) is 6.54 Å². The minimum atomic E-state index is 0.511. The van der Waals surface area contributed by atoms with Crippen LogP contribution in [-0.4, -0.2) is 38.9 Å². The number of rotatable bonds is 7. The first-order chi connectivity index (χ1) is 7.45. The SMILES string of the molecule is C(COC1CCNCC1)NCCC1CC1. The van der Waals surface area contributed by atoms with Gasteiger partial charge in [0.05, 0.1) is 12.7 Å². The average Bonchev–Trinajstić information content (AvgIpc) is 3.09. The molecule has 0 aromatic heterocycles. The Kier molecular flexibility index (Phi) is 4.90. The molecular formula is C12H24N2O. The molecule has 0 aromatic carbocycles. The topological polar surface area (TPSA) is 33.3 Å². The van der Waals surface area contributed by atoms with Gasteiger partial charge in [0.15, 0.2) is 0 Å². The number of hydrogen-bond acceptors (Lipinski definition) is 3. The Morgan fingerprint density at radius 2 is 1.87 bits per heavy atom. The third kappa shape index (κ3) is 4.96. The van der Waals surface area contributed by atoms with Crippen LogP contribution in [0.15, 0.2) is 0 Å². The largest absolute Gasteiger partial charge is 0.377 e. The third-order valence-electron chi connectivity index (χ3n) is 3.34. The molecule has 1 heterocycles. The fourth-order valence-corrected chi connectivity index (χ4v) is 2.10. The van der Waals surface area contributed by atoms with E-state index in [0.717, 1.165) is 32.2 Å². The Bertz CT molecular complexity index is 165. The molecule has 15 heavy (non-hydrogen) atoms. The smallest absolute Gasteiger partial charge is 0.0600 e. The average molecular weight is 212 g/mol. The Labute approximate surface area is 93.0 Å². The van der Waals surface area contributed by atoms with Gasteiger partial charge >= 0.3 is 0 Å². The van der Waals surface area contributed by atoms with Crippen LogP contribution in [0.5, 0.6) is 0 Å².